The minimum atomic E-state index is -0.852. The van der Waals surface area contributed by atoms with E-state index in [0.29, 0.717) is 32.4 Å². The van der Waals surface area contributed by atoms with Crippen molar-refractivity contribution in [3.63, 3.8) is 0 Å². The smallest absolute Gasteiger partial charge is 0.328 e. The third kappa shape index (κ3) is 6.60. The fourth-order valence-electron chi connectivity index (χ4n) is 4.02. The number of carbonyl (C=O) groups excluding carboxylic acids is 3. The molecule has 0 saturated carbocycles. The number of aromatic nitrogens is 1. The Hall–Kier alpha value is -3.82. The molecule has 1 aliphatic rings. The van der Waals surface area contributed by atoms with Crippen LogP contribution in [0.15, 0.2) is 47.6 Å². The normalized spacial score (nSPS) is 20.0. The molecule has 2 atom stereocenters. The Morgan fingerprint density at radius 2 is 1.97 bits per heavy atom. The second-order valence-corrected chi connectivity index (χ2v) is 8.21. The summed E-state index contributed by atoms with van der Waals surface area (Å²) in [6.45, 7) is 1.00. The lowest BCUT2D eigenvalue weighted by Crippen LogP contribution is -2.52. The van der Waals surface area contributed by atoms with E-state index in [1.54, 1.807) is 0 Å². The van der Waals surface area contributed by atoms with E-state index < -0.39 is 24.0 Å². The van der Waals surface area contributed by atoms with Gasteiger partial charge in [-0.25, -0.2) is 4.79 Å². The monoisotopic (exact) mass is 468 g/mol. The summed E-state index contributed by atoms with van der Waals surface area (Å²) in [6, 6.07) is 6.22. The SMILES string of the molecule is COC(=O)[C@@H]1C/C=C/Cn2cc(c3ccccc32)CC(=O)N[C@H](CCCCN=C(N)N)C(=O)N1. The van der Waals surface area contributed by atoms with Crippen LogP contribution in [0.2, 0.25) is 0 Å². The average molecular weight is 469 g/mol. The minimum Gasteiger partial charge on any atom is -0.467 e. The van der Waals surface area contributed by atoms with Crippen LogP contribution in [-0.4, -0.2) is 54.0 Å². The first-order chi connectivity index (χ1) is 16.4. The Labute approximate surface area is 198 Å². The molecule has 2 aromatic rings. The predicted molar refractivity (Wildman–Crippen MR) is 130 cm³/mol. The number of para-hydroxylation sites is 1. The Morgan fingerprint density at radius 3 is 2.74 bits per heavy atom. The van der Waals surface area contributed by atoms with Gasteiger partial charge in [0.15, 0.2) is 5.96 Å². The Balaban J connectivity index is 1.85. The molecule has 182 valence electrons. The molecule has 10 heteroatoms. The van der Waals surface area contributed by atoms with Crippen LogP contribution < -0.4 is 22.1 Å². The van der Waals surface area contributed by atoms with Gasteiger partial charge in [0.05, 0.1) is 13.5 Å². The van der Waals surface area contributed by atoms with Crippen LogP contribution in [0.3, 0.4) is 0 Å². The maximum atomic E-state index is 13.0. The number of allylic oxidation sites excluding steroid dienone is 1. The molecule has 0 spiro atoms. The van der Waals surface area contributed by atoms with Crippen molar-refractivity contribution in [2.24, 2.45) is 16.5 Å². The van der Waals surface area contributed by atoms with Crippen molar-refractivity contribution in [1.29, 1.82) is 0 Å². The molecule has 0 saturated heterocycles. The summed E-state index contributed by atoms with van der Waals surface area (Å²) in [5.41, 5.74) is 12.6. The highest BCUT2D eigenvalue weighted by Gasteiger charge is 2.27. The van der Waals surface area contributed by atoms with Crippen molar-refractivity contribution >= 4 is 34.6 Å². The number of esters is 1. The molecule has 0 radical (unpaired) electrons. The summed E-state index contributed by atoms with van der Waals surface area (Å²) in [5.74, 6) is -1.23. The molecular weight excluding hydrogens is 436 g/mol. The van der Waals surface area contributed by atoms with Gasteiger partial charge in [-0.3, -0.25) is 14.6 Å². The lowest BCUT2D eigenvalue weighted by Gasteiger charge is -2.22. The zero-order chi connectivity index (χ0) is 24.5. The number of fused-ring (bicyclic) bond motifs is 5. The van der Waals surface area contributed by atoms with Crippen LogP contribution in [0.25, 0.3) is 10.9 Å². The molecule has 1 aromatic heterocycles. The van der Waals surface area contributed by atoms with Gasteiger partial charge in [0, 0.05) is 30.2 Å². The number of benzene rings is 1. The topological polar surface area (TPSA) is 154 Å². The zero-order valence-corrected chi connectivity index (χ0v) is 19.3. The summed E-state index contributed by atoms with van der Waals surface area (Å²) in [5, 5.41) is 6.57. The zero-order valence-electron chi connectivity index (χ0n) is 19.3. The number of hydrogen-bond acceptors (Lipinski definition) is 5. The highest BCUT2D eigenvalue weighted by atomic mass is 16.5. The molecule has 0 unspecified atom stereocenters. The van der Waals surface area contributed by atoms with Gasteiger partial charge in [0.2, 0.25) is 11.8 Å². The number of nitrogens with two attached hydrogens (primary N) is 2. The van der Waals surface area contributed by atoms with Crippen LogP contribution in [0.4, 0.5) is 0 Å². The van der Waals surface area contributed by atoms with Crippen LogP contribution in [0, 0.1) is 0 Å². The molecule has 1 aliphatic heterocycles. The molecule has 10 nitrogen and oxygen atoms in total. The molecule has 2 bridgehead atoms. The van der Waals surface area contributed by atoms with Crippen LogP contribution in [0.1, 0.15) is 31.2 Å². The van der Waals surface area contributed by atoms with Gasteiger partial charge in [-0.2, -0.15) is 0 Å². The highest BCUT2D eigenvalue weighted by Crippen LogP contribution is 2.22. The van der Waals surface area contributed by atoms with E-state index in [1.807, 2.05) is 42.6 Å². The molecule has 1 aromatic carbocycles. The van der Waals surface area contributed by atoms with Crippen LogP contribution in [0.5, 0.6) is 0 Å². The number of methoxy groups -OCH3 is 1. The Morgan fingerprint density at radius 1 is 1.18 bits per heavy atom. The number of ether oxygens (including phenoxy) is 1. The molecule has 0 aliphatic carbocycles. The molecule has 0 fully saturated rings. The first-order valence-corrected chi connectivity index (χ1v) is 11.3. The van der Waals surface area contributed by atoms with Crippen molar-refractivity contribution in [1.82, 2.24) is 15.2 Å². The van der Waals surface area contributed by atoms with E-state index in [4.69, 9.17) is 16.2 Å². The predicted octanol–water partition coefficient (Wildman–Crippen LogP) is 0.730. The number of nitrogens with one attached hydrogen (secondary N) is 2. The molecule has 2 amide bonds. The molecule has 6 N–H and O–H groups in total. The standard InChI is InChI=1S/C24H32N6O4/c1-34-23(33)19-10-5-7-13-30-15-16(17-8-2-3-11-20(17)30)14-21(31)28-18(22(32)29-19)9-4-6-12-27-24(25)26/h2-3,5,7-8,11,15,18-19H,4,6,9-10,12-14H2,1H3,(H,28,31)(H,29,32)(H4,25,26,27)/b7-5+/t18-,19+/m1/s1. The van der Waals surface area contributed by atoms with E-state index >= 15 is 0 Å². The first kappa shape index (κ1) is 24.8. The maximum absolute atomic E-state index is 13.0. The van der Waals surface area contributed by atoms with Gasteiger partial charge in [-0.15, -0.1) is 0 Å². The van der Waals surface area contributed by atoms with Crippen molar-refractivity contribution in [2.45, 2.75) is 50.7 Å². The molecule has 3 rings (SSSR count). The Kier molecular flexibility index (Phi) is 8.66. The van der Waals surface area contributed by atoms with Gasteiger partial charge in [-0.05, 0) is 37.3 Å². The minimum absolute atomic E-state index is 0.0113. The van der Waals surface area contributed by atoms with E-state index in [-0.39, 0.29) is 24.7 Å². The van der Waals surface area contributed by atoms with E-state index in [0.717, 1.165) is 16.5 Å². The fourth-order valence-corrected chi connectivity index (χ4v) is 4.02. The number of guanidine groups is 1. The summed E-state index contributed by atoms with van der Waals surface area (Å²) < 4.78 is 6.92. The lowest BCUT2D eigenvalue weighted by atomic mass is 10.1. The van der Waals surface area contributed by atoms with Crippen LogP contribution >= 0.6 is 0 Å². The number of nitrogens with zero attached hydrogens (tertiary/aromatic N) is 2. The lowest BCUT2D eigenvalue weighted by molar-refractivity contribution is -0.145. The highest BCUT2D eigenvalue weighted by molar-refractivity contribution is 5.93. The number of carbonyl (C=O) groups is 3. The van der Waals surface area contributed by atoms with Crippen molar-refractivity contribution in [2.75, 3.05) is 13.7 Å². The fraction of sp³-hybridized carbons (Fsp3) is 0.417. The second kappa shape index (κ2) is 11.9. The molecule has 2 heterocycles. The third-order valence-corrected chi connectivity index (χ3v) is 5.71. The van der Waals surface area contributed by atoms with Gasteiger partial charge < -0.3 is 31.4 Å². The molecule has 34 heavy (non-hydrogen) atoms. The summed E-state index contributed by atoms with van der Waals surface area (Å²) in [6.07, 6.45) is 7.79. The summed E-state index contributed by atoms with van der Waals surface area (Å²) in [4.78, 5) is 42.2. The number of unbranched alkanes of at least 4 members (excludes halogenated alkanes) is 1. The van der Waals surface area contributed by atoms with Gasteiger partial charge in [-0.1, -0.05) is 30.4 Å². The number of aliphatic imine (C=N–C) groups is 1. The quantitative estimate of drug-likeness (QED) is 0.161. The number of rotatable bonds is 6. The summed E-state index contributed by atoms with van der Waals surface area (Å²) >= 11 is 0. The van der Waals surface area contributed by atoms with Crippen molar-refractivity contribution in [3.8, 4) is 0 Å². The molecular formula is C24H32N6O4. The van der Waals surface area contributed by atoms with E-state index in [2.05, 4.69) is 20.2 Å². The van der Waals surface area contributed by atoms with Crippen LogP contribution in [-0.2, 0) is 32.1 Å². The van der Waals surface area contributed by atoms with Crippen molar-refractivity contribution < 1.29 is 19.1 Å². The van der Waals surface area contributed by atoms with E-state index in [9.17, 15) is 14.4 Å². The summed E-state index contributed by atoms with van der Waals surface area (Å²) in [7, 11) is 1.28. The maximum Gasteiger partial charge on any atom is 0.328 e. The third-order valence-electron chi connectivity index (χ3n) is 5.71. The first-order valence-electron chi connectivity index (χ1n) is 11.3. The number of hydrogen-bond donors (Lipinski definition) is 4. The Bertz CT molecular complexity index is 1090. The van der Waals surface area contributed by atoms with Gasteiger partial charge in [0.25, 0.3) is 0 Å². The average Bonchev–Trinajstić information content (AvgIpc) is 3.15. The van der Waals surface area contributed by atoms with Gasteiger partial charge in [0.1, 0.15) is 12.1 Å². The van der Waals surface area contributed by atoms with Gasteiger partial charge >= 0.3 is 5.97 Å². The van der Waals surface area contributed by atoms with Crippen molar-refractivity contribution in [3.05, 3.63) is 48.2 Å². The van der Waals surface area contributed by atoms with E-state index in [1.165, 1.54) is 7.11 Å². The second-order valence-electron chi connectivity index (χ2n) is 8.21. The largest absolute Gasteiger partial charge is 0.467 e. The number of amides is 2.